The molecule has 1 amide bonds. The molecular formula is C28H32N8O4. The van der Waals surface area contributed by atoms with Gasteiger partial charge in [-0.25, -0.2) is 14.9 Å². The molecule has 4 heterocycles. The molecule has 1 aliphatic heterocycles. The molecule has 0 atom stereocenters. The standard InChI is InChI=1S/C28H32N8O4/c1-28(2,3)40-27(38)36-12-10-35(11-13-36)20-7-8-21(22(15-20)39-4)32-25-24-18(16-30-34-26(24)37)14-23(33-25)31-19-6-5-9-29-17-19/h5-9,14-17H,10-13H2,1-4H3,(H,34,37)(H2,31,32,33). The first-order valence-corrected chi connectivity index (χ1v) is 12.9. The topological polar surface area (TPSA) is 138 Å². The number of ether oxygens (including phenoxy) is 2. The van der Waals surface area contributed by atoms with Crippen molar-refractivity contribution in [3.63, 3.8) is 0 Å². The molecule has 1 fully saturated rings. The predicted octanol–water partition coefficient (Wildman–Crippen LogP) is 4.27. The van der Waals surface area contributed by atoms with Crippen molar-refractivity contribution in [1.82, 2.24) is 25.1 Å². The monoisotopic (exact) mass is 544 g/mol. The van der Waals surface area contributed by atoms with E-state index >= 15 is 0 Å². The van der Waals surface area contributed by atoms with Gasteiger partial charge in [-0.3, -0.25) is 9.78 Å². The van der Waals surface area contributed by atoms with Gasteiger partial charge in [-0.05, 0) is 51.1 Å². The van der Waals surface area contributed by atoms with Crippen molar-refractivity contribution >= 4 is 45.6 Å². The number of nitrogens with zero attached hydrogens (tertiary/aromatic N) is 5. The fraction of sp³-hybridized carbons (Fsp3) is 0.321. The van der Waals surface area contributed by atoms with E-state index in [4.69, 9.17) is 9.47 Å². The van der Waals surface area contributed by atoms with E-state index < -0.39 is 5.60 Å². The van der Waals surface area contributed by atoms with Crippen molar-refractivity contribution in [2.75, 3.05) is 48.8 Å². The van der Waals surface area contributed by atoms with Gasteiger partial charge in [0.15, 0.2) is 0 Å². The molecule has 4 aromatic rings. The van der Waals surface area contributed by atoms with Crippen molar-refractivity contribution in [1.29, 1.82) is 0 Å². The first kappa shape index (κ1) is 26.7. The number of fused-ring (bicyclic) bond motifs is 1. The fourth-order valence-corrected chi connectivity index (χ4v) is 4.44. The highest BCUT2D eigenvalue weighted by atomic mass is 16.6. The summed E-state index contributed by atoms with van der Waals surface area (Å²) in [7, 11) is 1.59. The second-order valence-electron chi connectivity index (χ2n) is 10.4. The van der Waals surface area contributed by atoms with Crippen LogP contribution in [0.5, 0.6) is 5.75 Å². The van der Waals surface area contributed by atoms with Gasteiger partial charge < -0.3 is 29.9 Å². The molecule has 0 bridgehead atoms. The number of amides is 1. The summed E-state index contributed by atoms with van der Waals surface area (Å²) < 4.78 is 11.2. The Labute approximate surface area is 231 Å². The van der Waals surface area contributed by atoms with Gasteiger partial charge in [0.25, 0.3) is 5.56 Å². The molecule has 5 rings (SSSR count). The summed E-state index contributed by atoms with van der Waals surface area (Å²) in [5.41, 5.74) is 1.46. The zero-order valence-electron chi connectivity index (χ0n) is 22.9. The van der Waals surface area contributed by atoms with E-state index in [2.05, 4.69) is 35.7 Å². The highest BCUT2D eigenvalue weighted by Gasteiger charge is 2.26. The molecule has 0 aliphatic carbocycles. The van der Waals surface area contributed by atoms with Crippen molar-refractivity contribution in [2.24, 2.45) is 0 Å². The Morgan fingerprint density at radius 1 is 1.05 bits per heavy atom. The fourth-order valence-electron chi connectivity index (χ4n) is 4.44. The van der Waals surface area contributed by atoms with Gasteiger partial charge >= 0.3 is 6.09 Å². The first-order chi connectivity index (χ1) is 19.2. The number of pyridine rings is 2. The van der Waals surface area contributed by atoms with Crippen LogP contribution in [-0.2, 0) is 4.74 Å². The number of piperazine rings is 1. The molecule has 40 heavy (non-hydrogen) atoms. The minimum atomic E-state index is -0.527. The highest BCUT2D eigenvalue weighted by Crippen LogP contribution is 2.34. The Hall–Kier alpha value is -4.87. The summed E-state index contributed by atoms with van der Waals surface area (Å²) in [5.74, 6) is 1.46. The van der Waals surface area contributed by atoms with E-state index in [0.717, 1.165) is 11.4 Å². The summed E-state index contributed by atoms with van der Waals surface area (Å²) >= 11 is 0. The Morgan fingerprint density at radius 3 is 2.55 bits per heavy atom. The van der Waals surface area contributed by atoms with Crippen molar-refractivity contribution < 1.29 is 14.3 Å². The molecule has 3 N–H and O–H groups in total. The number of rotatable bonds is 6. The Kier molecular flexibility index (Phi) is 7.41. The average Bonchev–Trinajstić information content (AvgIpc) is 2.93. The van der Waals surface area contributed by atoms with Gasteiger partial charge in [-0.1, -0.05) is 0 Å². The summed E-state index contributed by atoms with van der Waals surface area (Å²) in [6, 6.07) is 11.2. The maximum absolute atomic E-state index is 12.7. The number of anilines is 5. The summed E-state index contributed by atoms with van der Waals surface area (Å²) in [5, 5.41) is 13.9. The molecule has 208 valence electrons. The SMILES string of the molecule is COc1cc(N2CCN(C(=O)OC(C)(C)C)CC2)ccc1Nc1nc(Nc2cccnc2)cc2cn[nH]c(=O)c12. The lowest BCUT2D eigenvalue weighted by atomic mass is 10.2. The third-order valence-corrected chi connectivity index (χ3v) is 6.32. The lowest BCUT2D eigenvalue weighted by Crippen LogP contribution is -2.50. The van der Waals surface area contributed by atoms with Crippen LogP contribution in [0.15, 0.2) is 59.8 Å². The first-order valence-electron chi connectivity index (χ1n) is 12.9. The predicted molar refractivity (Wildman–Crippen MR) is 154 cm³/mol. The smallest absolute Gasteiger partial charge is 0.410 e. The maximum Gasteiger partial charge on any atom is 0.410 e. The minimum absolute atomic E-state index is 0.297. The number of hydrogen-bond acceptors (Lipinski definition) is 10. The molecule has 12 heteroatoms. The Balaban J connectivity index is 1.38. The zero-order chi connectivity index (χ0) is 28.3. The molecule has 0 unspecified atom stereocenters. The van der Waals surface area contributed by atoms with E-state index in [1.54, 1.807) is 36.7 Å². The van der Waals surface area contributed by atoms with Gasteiger partial charge in [-0.15, -0.1) is 0 Å². The van der Waals surface area contributed by atoms with Gasteiger partial charge in [0.05, 0.1) is 36.3 Å². The number of carbonyl (C=O) groups is 1. The van der Waals surface area contributed by atoms with E-state index in [-0.39, 0.29) is 11.7 Å². The number of methoxy groups -OCH3 is 1. The van der Waals surface area contributed by atoms with Crippen LogP contribution < -0.4 is 25.8 Å². The lowest BCUT2D eigenvalue weighted by molar-refractivity contribution is 0.0240. The molecule has 1 aliphatic rings. The van der Waals surface area contributed by atoms with E-state index in [1.165, 1.54) is 0 Å². The van der Waals surface area contributed by atoms with Crippen LogP contribution in [0.2, 0.25) is 0 Å². The molecular weight excluding hydrogens is 512 g/mol. The van der Waals surface area contributed by atoms with E-state index in [0.29, 0.717) is 60.0 Å². The van der Waals surface area contributed by atoms with Gasteiger partial charge in [0.2, 0.25) is 0 Å². The van der Waals surface area contributed by atoms with E-state index in [9.17, 15) is 9.59 Å². The number of nitrogens with one attached hydrogen (secondary N) is 3. The highest BCUT2D eigenvalue weighted by molar-refractivity contribution is 5.94. The molecule has 3 aromatic heterocycles. The largest absolute Gasteiger partial charge is 0.494 e. The van der Waals surface area contributed by atoms with Crippen LogP contribution in [0.25, 0.3) is 10.8 Å². The Morgan fingerprint density at radius 2 is 1.85 bits per heavy atom. The zero-order valence-corrected chi connectivity index (χ0v) is 22.9. The summed E-state index contributed by atoms with van der Waals surface area (Å²) in [6.07, 6.45) is 4.65. The third-order valence-electron chi connectivity index (χ3n) is 6.32. The number of aromatic nitrogens is 4. The number of H-pyrrole nitrogens is 1. The number of carbonyl (C=O) groups excluding carboxylic acids is 1. The number of aromatic amines is 1. The average molecular weight is 545 g/mol. The van der Waals surface area contributed by atoms with Gasteiger partial charge in [0.1, 0.15) is 23.0 Å². The second kappa shape index (κ2) is 11.1. The normalized spacial score (nSPS) is 13.7. The second-order valence-corrected chi connectivity index (χ2v) is 10.4. The minimum Gasteiger partial charge on any atom is -0.494 e. The van der Waals surface area contributed by atoms with Crippen molar-refractivity contribution in [3.8, 4) is 5.75 Å². The lowest BCUT2D eigenvalue weighted by Gasteiger charge is -2.37. The Bertz CT molecular complexity index is 1560. The van der Waals surface area contributed by atoms with Crippen LogP contribution in [-0.4, -0.2) is 70.0 Å². The molecule has 0 radical (unpaired) electrons. The van der Waals surface area contributed by atoms with E-state index in [1.807, 2.05) is 51.1 Å². The van der Waals surface area contributed by atoms with Crippen LogP contribution in [0, 0.1) is 0 Å². The third kappa shape index (κ3) is 6.06. The quantitative estimate of drug-likeness (QED) is 0.323. The summed E-state index contributed by atoms with van der Waals surface area (Å²) in [4.78, 5) is 37.9. The molecule has 0 spiro atoms. The molecule has 0 saturated carbocycles. The van der Waals surface area contributed by atoms with Crippen LogP contribution in [0.1, 0.15) is 20.8 Å². The maximum atomic E-state index is 12.7. The van der Waals surface area contributed by atoms with Gasteiger partial charge in [-0.2, -0.15) is 5.10 Å². The van der Waals surface area contributed by atoms with Crippen LogP contribution in [0.3, 0.4) is 0 Å². The molecule has 1 aromatic carbocycles. The van der Waals surface area contributed by atoms with Crippen molar-refractivity contribution in [3.05, 3.63) is 65.3 Å². The van der Waals surface area contributed by atoms with Gasteiger partial charge in [0, 0.05) is 49.5 Å². The van der Waals surface area contributed by atoms with Crippen LogP contribution in [0.4, 0.5) is 33.5 Å². The van der Waals surface area contributed by atoms with Crippen molar-refractivity contribution in [2.45, 2.75) is 26.4 Å². The van der Waals surface area contributed by atoms with Crippen LogP contribution >= 0.6 is 0 Å². The summed E-state index contributed by atoms with van der Waals surface area (Å²) in [6.45, 7) is 8.02. The molecule has 1 saturated heterocycles. The molecule has 12 nitrogen and oxygen atoms in total. The number of benzene rings is 1. The number of hydrogen-bond donors (Lipinski definition) is 3.